The molecule has 0 aliphatic rings. The van der Waals surface area contributed by atoms with E-state index in [0.29, 0.717) is 12.0 Å². The number of ketones is 1. The molecular weight excluding hydrogens is 300 g/mol. The van der Waals surface area contributed by atoms with E-state index in [1.165, 1.54) is 19.8 Å². The lowest BCUT2D eigenvalue weighted by molar-refractivity contribution is 0.0825. The van der Waals surface area contributed by atoms with Crippen LogP contribution in [-0.4, -0.2) is 26.1 Å². The van der Waals surface area contributed by atoms with Gasteiger partial charge in [0.2, 0.25) is 0 Å². The summed E-state index contributed by atoms with van der Waals surface area (Å²) < 4.78 is 28.8. The van der Waals surface area contributed by atoms with Crippen molar-refractivity contribution in [2.75, 3.05) is 5.75 Å². The smallest absolute Gasteiger partial charge is 0.268 e. The Kier molecular flexibility index (Phi) is 8.35. The average Bonchev–Trinajstić information content (AvgIpc) is 2.50. The van der Waals surface area contributed by atoms with Gasteiger partial charge in [0.25, 0.3) is 10.1 Å². The molecule has 0 aliphatic carbocycles. The van der Waals surface area contributed by atoms with Crippen molar-refractivity contribution in [1.29, 1.82) is 0 Å². The van der Waals surface area contributed by atoms with Gasteiger partial charge in [-0.25, -0.2) is 0 Å². The highest BCUT2D eigenvalue weighted by atomic mass is 32.2. The SMILES string of the molecule is CCCCCCCCS(=O)(=O)OC(C)C(=O)c1ccccc1. The molecule has 1 atom stereocenters. The molecule has 0 aliphatic heterocycles. The Morgan fingerprint density at radius 2 is 1.64 bits per heavy atom. The van der Waals surface area contributed by atoms with Crippen LogP contribution in [0.1, 0.15) is 62.7 Å². The third-order valence-corrected chi connectivity index (χ3v) is 4.84. The van der Waals surface area contributed by atoms with E-state index < -0.39 is 16.2 Å². The van der Waals surface area contributed by atoms with Gasteiger partial charge in [-0.1, -0.05) is 69.4 Å². The zero-order chi connectivity index (χ0) is 16.4. The van der Waals surface area contributed by atoms with Crippen LogP contribution in [0.25, 0.3) is 0 Å². The number of rotatable bonds is 11. The lowest BCUT2D eigenvalue weighted by Gasteiger charge is -2.12. The van der Waals surface area contributed by atoms with Crippen LogP contribution < -0.4 is 0 Å². The van der Waals surface area contributed by atoms with Crippen LogP contribution in [0.2, 0.25) is 0 Å². The fraction of sp³-hybridized carbons (Fsp3) is 0.588. The van der Waals surface area contributed by atoms with Crippen LogP contribution in [0, 0.1) is 0 Å². The van der Waals surface area contributed by atoms with Crippen molar-refractivity contribution in [2.45, 2.75) is 58.5 Å². The van der Waals surface area contributed by atoms with E-state index in [1.54, 1.807) is 30.3 Å². The van der Waals surface area contributed by atoms with Gasteiger partial charge in [-0.3, -0.25) is 8.98 Å². The minimum Gasteiger partial charge on any atom is -0.291 e. The fourth-order valence-corrected chi connectivity index (χ4v) is 3.39. The van der Waals surface area contributed by atoms with Gasteiger partial charge in [0, 0.05) is 5.56 Å². The van der Waals surface area contributed by atoms with E-state index in [0.717, 1.165) is 19.3 Å². The molecule has 0 bridgehead atoms. The Hall–Kier alpha value is -1.20. The molecule has 22 heavy (non-hydrogen) atoms. The van der Waals surface area contributed by atoms with E-state index >= 15 is 0 Å². The summed E-state index contributed by atoms with van der Waals surface area (Å²) >= 11 is 0. The Bertz CT molecular complexity index is 537. The summed E-state index contributed by atoms with van der Waals surface area (Å²) in [7, 11) is -3.65. The van der Waals surface area contributed by atoms with E-state index in [4.69, 9.17) is 4.18 Å². The molecule has 0 radical (unpaired) electrons. The average molecular weight is 326 g/mol. The lowest BCUT2D eigenvalue weighted by Crippen LogP contribution is -2.25. The molecule has 0 saturated carbocycles. The molecule has 124 valence electrons. The summed E-state index contributed by atoms with van der Waals surface area (Å²) in [5, 5.41) is 0. The first-order chi connectivity index (χ1) is 10.5. The summed E-state index contributed by atoms with van der Waals surface area (Å²) in [6.07, 6.45) is 5.02. The Morgan fingerprint density at radius 3 is 2.27 bits per heavy atom. The minimum atomic E-state index is -3.65. The standard InChI is InChI=1S/C17H26O4S/c1-3-4-5-6-7-11-14-22(19,20)21-15(2)17(18)16-12-9-8-10-13-16/h8-10,12-13,15H,3-7,11,14H2,1-2H3. The van der Waals surface area contributed by atoms with Crippen molar-refractivity contribution >= 4 is 15.9 Å². The summed E-state index contributed by atoms with van der Waals surface area (Å²) in [6.45, 7) is 3.62. The third-order valence-electron chi connectivity index (χ3n) is 3.47. The second-order valence-electron chi connectivity index (χ2n) is 5.50. The second kappa shape index (κ2) is 9.74. The van der Waals surface area contributed by atoms with Gasteiger partial charge < -0.3 is 0 Å². The first kappa shape index (κ1) is 18.8. The highest BCUT2D eigenvalue weighted by Gasteiger charge is 2.22. The number of hydrogen-bond donors (Lipinski definition) is 0. The highest BCUT2D eigenvalue weighted by Crippen LogP contribution is 2.12. The summed E-state index contributed by atoms with van der Waals surface area (Å²) in [5.74, 6) is -0.335. The van der Waals surface area contributed by atoms with E-state index in [1.807, 2.05) is 0 Å². The van der Waals surface area contributed by atoms with Gasteiger partial charge in [-0.05, 0) is 13.3 Å². The zero-order valence-electron chi connectivity index (χ0n) is 13.5. The normalized spacial score (nSPS) is 13.0. The minimum absolute atomic E-state index is 0.0223. The van der Waals surface area contributed by atoms with Crippen LogP contribution in [0.5, 0.6) is 0 Å². The number of unbranched alkanes of at least 4 members (excludes halogenated alkanes) is 5. The molecule has 0 spiro atoms. The van der Waals surface area contributed by atoms with Gasteiger partial charge in [0.1, 0.15) is 6.10 Å². The van der Waals surface area contributed by atoms with E-state index in [-0.39, 0.29) is 11.5 Å². The van der Waals surface area contributed by atoms with Gasteiger partial charge in [-0.2, -0.15) is 8.42 Å². The van der Waals surface area contributed by atoms with Crippen LogP contribution in [-0.2, 0) is 14.3 Å². The van der Waals surface area contributed by atoms with Crippen LogP contribution in [0.4, 0.5) is 0 Å². The van der Waals surface area contributed by atoms with Crippen molar-refractivity contribution in [3.05, 3.63) is 35.9 Å². The molecule has 5 heteroatoms. The molecule has 0 amide bonds. The fourth-order valence-electron chi connectivity index (χ4n) is 2.21. The van der Waals surface area contributed by atoms with Crippen LogP contribution in [0.15, 0.2) is 30.3 Å². The quantitative estimate of drug-likeness (QED) is 0.351. The maximum atomic E-state index is 12.1. The molecule has 0 fully saturated rings. The molecule has 1 unspecified atom stereocenters. The van der Waals surface area contributed by atoms with Crippen molar-refractivity contribution in [3.63, 3.8) is 0 Å². The molecule has 1 aromatic rings. The predicted octanol–water partition coefficient (Wildman–Crippen LogP) is 3.96. The van der Waals surface area contributed by atoms with Crippen molar-refractivity contribution in [3.8, 4) is 0 Å². The molecule has 0 saturated heterocycles. The molecule has 0 heterocycles. The summed E-state index contributed by atoms with van der Waals surface area (Å²) in [5.41, 5.74) is 0.463. The number of carbonyl (C=O) groups excluding carboxylic acids is 1. The molecule has 1 aromatic carbocycles. The topological polar surface area (TPSA) is 60.4 Å². The Labute approximate surface area is 134 Å². The van der Waals surface area contributed by atoms with E-state index in [2.05, 4.69) is 6.92 Å². The number of benzene rings is 1. The van der Waals surface area contributed by atoms with Crippen LogP contribution in [0.3, 0.4) is 0 Å². The third kappa shape index (κ3) is 7.18. The van der Waals surface area contributed by atoms with Crippen molar-refractivity contribution in [2.24, 2.45) is 0 Å². The second-order valence-corrected chi connectivity index (χ2v) is 7.21. The number of hydrogen-bond acceptors (Lipinski definition) is 4. The molecule has 1 rings (SSSR count). The Balaban J connectivity index is 2.38. The van der Waals surface area contributed by atoms with Gasteiger partial charge in [0.05, 0.1) is 5.75 Å². The summed E-state index contributed by atoms with van der Waals surface area (Å²) in [6, 6.07) is 8.60. The highest BCUT2D eigenvalue weighted by molar-refractivity contribution is 7.86. The maximum Gasteiger partial charge on any atom is 0.268 e. The molecular formula is C17H26O4S. The monoisotopic (exact) mass is 326 g/mol. The molecule has 0 N–H and O–H groups in total. The number of Topliss-reactive ketones (excluding diaryl/α,β-unsaturated/α-hetero) is 1. The van der Waals surface area contributed by atoms with Gasteiger partial charge in [-0.15, -0.1) is 0 Å². The predicted molar refractivity (Wildman–Crippen MR) is 88.5 cm³/mol. The van der Waals surface area contributed by atoms with Gasteiger partial charge in [0.15, 0.2) is 5.78 Å². The molecule has 0 aromatic heterocycles. The largest absolute Gasteiger partial charge is 0.291 e. The maximum absolute atomic E-state index is 12.1. The van der Waals surface area contributed by atoms with Crippen LogP contribution >= 0.6 is 0 Å². The zero-order valence-corrected chi connectivity index (χ0v) is 14.3. The lowest BCUT2D eigenvalue weighted by atomic mass is 10.1. The Morgan fingerprint density at radius 1 is 1.05 bits per heavy atom. The summed E-state index contributed by atoms with van der Waals surface area (Å²) in [4.78, 5) is 12.1. The van der Waals surface area contributed by atoms with Crippen molar-refractivity contribution in [1.82, 2.24) is 0 Å². The number of carbonyl (C=O) groups is 1. The first-order valence-corrected chi connectivity index (χ1v) is 9.54. The van der Waals surface area contributed by atoms with Gasteiger partial charge >= 0.3 is 0 Å². The van der Waals surface area contributed by atoms with E-state index in [9.17, 15) is 13.2 Å². The van der Waals surface area contributed by atoms with Crippen molar-refractivity contribution < 1.29 is 17.4 Å². The first-order valence-electron chi connectivity index (χ1n) is 7.96. The molecule has 4 nitrogen and oxygen atoms in total.